The zero-order valence-corrected chi connectivity index (χ0v) is 12.8. The summed E-state index contributed by atoms with van der Waals surface area (Å²) in [5, 5.41) is 2.96. The summed E-state index contributed by atoms with van der Waals surface area (Å²) >= 11 is 0. The van der Waals surface area contributed by atoms with Crippen molar-refractivity contribution in [1.82, 2.24) is 4.90 Å². The maximum Gasteiger partial charge on any atom is 0.238 e. The number of hydrogen-bond donors (Lipinski definition) is 2. The Morgan fingerprint density at radius 3 is 2.77 bits per heavy atom. The highest BCUT2D eigenvalue weighted by Gasteiger charge is 2.18. The molecular weight excluding hydrogens is 274 g/mol. The zero-order valence-electron chi connectivity index (χ0n) is 12.8. The van der Waals surface area contributed by atoms with E-state index in [0.717, 1.165) is 30.8 Å². The van der Waals surface area contributed by atoms with Crippen molar-refractivity contribution in [2.24, 2.45) is 0 Å². The Bertz CT molecular complexity index is 696. The van der Waals surface area contributed by atoms with Gasteiger partial charge in [-0.3, -0.25) is 9.69 Å². The van der Waals surface area contributed by atoms with Gasteiger partial charge in [0, 0.05) is 24.5 Å². The van der Waals surface area contributed by atoms with Crippen LogP contribution < -0.4 is 11.1 Å². The molecule has 2 aromatic carbocycles. The van der Waals surface area contributed by atoms with Gasteiger partial charge in [0.2, 0.25) is 5.91 Å². The summed E-state index contributed by atoms with van der Waals surface area (Å²) in [6.45, 7) is 4.07. The van der Waals surface area contributed by atoms with Crippen molar-refractivity contribution in [2.75, 3.05) is 24.1 Å². The molecule has 0 radical (unpaired) electrons. The molecule has 0 saturated heterocycles. The lowest BCUT2D eigenvalue weighted by molar-refractivity contribution is -0.117. The number of fused-ring (bicyclic) bond motifs is 1. The molecule has 0 spiro atoms. The monoisotopic (exact) mass is 295 g/mol. The van der Waals surface area contributed by atoms with E-state index in [9.17, 15) is 4.79 Å². The molecular formula is C18H21N3O. The minimum absolute atomic E-state index is 0.00748. The van der Waals surface area contributed by atoms with E-state index in [-0.39, 0.29) is 5.91 Å². The average Bonchev–Trinajstić information content (AvgIpc) is 2.52. The molecule has 0 bridgehead atoms. The fourth-order valence-electron chi connectivity index (χ4n) is 2.87. The van der Waals surface area contributed by atoms with Gasteiger partial charge in [-0.2, -0.15) is 0 Å². The summed E-state index contributed by atoms with van der Waals surface area (Å²) in [5.41, 5.74) is 11.0. The van der Waals surface area contributed by atoms with Gasteiger partial charge in [-0.15, -0.1) is 0 Å². The number of carbonyl (C=O) groups excluding carboxylic acids is 1. The molecule has 0 saturated carbocycles. The molecule has 114 valence electrons. The van der Waals surface area contributed by atoms with E-state index >= 15 is 0 Å². The predicted octanol–water partition coefficient (Wildman–Crippen LogP) is 2.57. The van der Waals surface area contributed by atoms with Gasteiger partial charge in [0.15, 0.2) is 0 Å². The van der Waals surface area contributed by atoms with Crippen molar-refractivity contribution in [3.63, 3.8) is 0 Å². The Morgan fingerprint density at radius 1 is 1.18 bits per heavy atom. The molecule has 0 fully saturated rings. The van der Waals surface area contributed by atoms with Gasteiger partial charge in [0.05, 0.1) is 6.54 Å². The third-order valence-electron chi connectivity index (χ3n) is 4.23. The van der Waals surface area contributed by atoms with E-state index < -0.39 is 0 Å². The van der Waals surface area contributed by atoms with Crippen molar-refractivity contribution in [3.8, 4) is 0 Å². The lowest BCUT2D eigenvalue weighted by Gasteiger charge is -2.28. The van der Waals surface area contributed by atoms with Crippen LogP contribution in [0.4, 0.5) is 11.4 Å². The summed E-state index contributed by atoms with van der Waals surface area (Å²) in [4.78, 5) is 14.4. The highest BCUT2D eigenvalue weighted by Crippen LogP contribution is 2.21. The average molecular weight is 295 g/mol. The van der Waals surface area contributed by atoms with Gasteiger partial charge in [-0.05, 0) is 42.2 Å². The minimum Gasteiger partial charge on any atom is -0.398 e. The lowest BCUT2D eigenvalue weighted by Crippen LogP contribution is -2.37. The van der Waals surface area contributed by atoms with Crippen molar-refractivity contribution < 1.29 is 4.79 Å². The molecule has 0 aromatic heterocycles. The molecule has 0 unspecified atom stereocenters. The number of anilines is 2. The molecule has 0 aliphatic carbocycles. The third-order valence-corrected chi connectivity index (χ3v) is 4.23. The van der Waals surface area contributed by atoms with Gasteiger partial charge < -0.3 is 11.1 Å². The Morgan fingerprint density at radius 2 is 1.95 bits per heavy atom. The maximum atomic E-state index is 12.3. The van der Waals surface area contributed by atoms with E-state index in [4.69, 9.17) is 5.73 Å². The van der Waals surface area contributed by atoms with Crippen LogP contribution >= 0.6 is 0 Å². The van der Waals surface area contributed by atoms with Crippen molar-refractivity contribution >= 4 is 17.3 Å². The Kier molecular flexibility index (Phi) is 4.11. The van der Waals surface area contributed by atoms with Gasteiger partial charge in [0.1, 0.15) is 0 Å². The Hall–Kier alpha value is -2.33. The molecule has 4 nitrogen and oxygen atoms in total. The number of nitrogen functional groups attached to an aromatic ring is 1. The maximum absolute atomic E-state index is 12.3. The second-order valence-corrected chi connectivity index (χ2v) is 5.80. The van der Waals surface area contributed by atoms with Crippen LogP contribution in [-0.4, -0.2) is 23.9 Å². The van der Waals surface area contributed by atoms with E-state index in [1.54, 1.807) is 0 Å². The molecule has 1 heterocycles. The normalized spacial score (nSPS) is 14.4. The molecule has 4 heteroatoms. The third kappa shape index (κ3) is 3.12. The number of nitrogens with two attached hydrogens (primary N) is 1. The molecule has 1 amide bonds. The van der Waals surface area contributed by atoms with Gasteiger partial charge >= 0.3 is 0 Å². The van der Waals surface area contributed by atoms with Crippen LogP contribution in [0.5, 0.6) is 0 Å². The first-order chi connectivity index (χ1) is 10.6. The first-order valence-electron chi connectivity index (χ1n) is 7.57. The highest BCUT2D eigenvalue weighted by molar-refractivity contribution is 5.93. The fraction of sp³-hybridized carbons (Fsp3) is 0.278. The first kappa shape index (κ1) is 14.6. The zero-order chi connectivity index (χ0) is 15.5. The van der Waals surface area contributed by atoms with E-state index in [1.807, 2.05) is 25.1 Å². The number of nitrogens with zero attached hydrogens (tertiary/aromatic N) is 1. The smallest absolute Gasteiger partial charge is 0.238 e. The van der Waals surface area contributed by atoms with Crippen LogP contribution in [-0.2, 0) is 17.8 Å². The van der Waals surface area contributed by atoms with Crippen molar-refractivity contribution in [1.29, 1.82) is 0 Å². The Balaban J connectivity index is 1.62. The number of amides is 1. The molecule has 3 rings (SSSR count). The summed E-state index contributed by atoms with van der Waals surface area (Å²) in [6, 6.07) is 14.0. The largest absolute Gasteiger partial charge is 0.398 e. The summed E-state index contributed by atoms with van der Waals surface area (Å²) in [6.07, 6.45) is 1.00. The quantitative estimate of drug-likeness (QED) is 0.856. The second kappa shape index (κ2) is 6.20. The number of rotatable bonds is 3. The summed E-state index contributed by atoms with van der Waals surface area (Å²) < 4.78 is 0. The summed E-state index contributed by atoms with van der Waals surface area (Å²) in [7, 11) is 0. The van der Waals surface area contributed by atoms with Gasteiger partial charge in [0.25, 0.3) is 0 Å². The summed E-state index contributed by atoms with van der Waals surface area (Å²) in [5.74, 6) is 0.00748. The topological polar surface area (TPSA) is 58.4 Å². The number of carbonyl (C=O) groups is 1. The van der Waals surface area contributed by atoms with E-state index in [2.05, 4.69) is 34.5 Å². The second-order valence-electron chi connectivity index (χ2n) is 5.80. The number of nitrogens with one attached hydrogen (secondary N) is 1. The van der Waals surface area contributed by atoms with Crippen LogP contribution in [0.2, 0.25) is 0 Å². The SMILES string of the molecule is Cc1c(N)cccc1NC(=O)CN1CCc2ccccc2C1. The standard InChI is InChI=1S/C18H21N3O/c1-13-16(19)7-4-8-17(13)20-18(22)12-21-10-9-14-5-2-3-6-15(14)11-21/h2-8H,9-12,19H2,1H3,(H,20,22). The molecule has 1 aliphatic heterocycles. The number of benzene rings is 2. The van der Waals surface area contributed by atoms with E-state index in [0.29, 0.717) is 12.2 Å². The number of hydrogen-bond acceptors (Lipinski definition) is 3. The van der Waals surface area contributed by atoms with Crippen LogP contribution in [0.3, 0.4) is 0 Å². The van der Waals surface area contributed by atoms with Crippen LogP contribution in [0.25, 0.3) is 0 Å². The van der Waals surface area contributed by atoms with Crippen LogP contribution in [0.15, 0.2) is 42.5 Å². The fourth-order valence-corrected chi connectivity index (χ4v) is 2.87. The lowest BCUT2D eigenvalue weighted by atomic mass is 10.00. The van der Waals surface area contributed by atoms with Crippen LogP contribution in [0, 0.1) is 6.92 Å². The van der Waals surface area contributed by atoms with Gasteiger partial charge in [-0.25, -0.2) is 0 Å². The highest BCUT2D eigenvalue weighted by atomic mass is 16.2. The predicted molar refractivity (Wildman–Crippen MR) is 89.6 cm³/mol. The molecule has 0 atom stereocenters. The molecule has 22 heavy (non-hydrogen) atoms. The van der Waals surface area contributed by atoms with Crippen LogP contribution in [0.1, 0.15) is 16.7 Å². The first-order valence-corrected chi connectivity index (χ1v) is 7.57. The Labute approximate surface area is 130 Å². The van der Waals surface area contributed by atoms with Gasteiger partial charge in [-0.1, -0.05) is 30.3 Å². The molecule has 3 N–H and O–H groups in total. The minimum atomic E-state index is 0.00748. The molecule has 1 aliphatic rings. The van der Waals surface area contributed by atoms with E-state index in [1.165, 1.54) is 11.1 Å². The molecule has 2 aromatic rings. The van der Waals surface area contributed by atoms with Crippen molar-refractivity contribution in [2.45, 2.75) is 19.9 Å². The van der Waals surface area contributed by atoms with Crippen molar-refractivity contribution in [3.05, 3.63) is 59.2 Å².